The van der Waals surface area contributed by atoms with Gasteiger partial charge in [-0.15, -0.1) is 0 Å². The van der Waals surface area contributed by atoms with Crippen molar-refractivity contribution in [1.82, 2.24) is 25.5 Å². The number of carbonyl (C=O) groups excluding carboxylic acids is 1. The van der Waals surface area contributed by atoms with E-state index < -0.39 is 0 Å². The van der Waals surface area contributed by atoms with E-state index in [1.54, 1.807) is 11.8 Å². The second-order valence-electron chi connectivity index (χ2n) is 7.74. The van der Waals surface area contributed by atoms with Gasteiger partial charge in [0.25, 0.3) is 5.91 Å². The van der Waals surface area contributed by atoms with Crippen molar-refractivity contribution in [2.75, 3.05) is 6.54 Å². The van der Waals surface area contributed by atoms with Crippen LogP contribution in [0.4, 0.5) is 0 Å². The van der Waals surface area contributed by atoms with E-state index in [1.165, 1.54) is 22.8 Å². The van der Waals surface area contributed by atoms with Gasteiger partial charge < -0.3 is 10.3 Å². The molecule has 0 saturated heterocycles. The average Bonchev–Trinajstić information content (AvgIpc) is 3.54. The van der Waals surface area contributed by atoms with Crippen LogP contribution in [0.25, 0.3) is 10.9 Å². The van der Waals surface area contributed by atoms with E-state index in [9.17, 15) is 4.79 Å². The van der Waals surface area contributed by atoms with Crippen molar-refractivity contribution in [1.29, 1.82) is 0 Å². The molecule has 0 aliphatic rings. The first-order valence-corrected chi connectivity index (χ1v) is 11.7. The van der Waals surface area contributed by atoms with Crippen LogP contribution in [0, 0.1) is 0 Å². The molecule has 2 heterocycles. The van der Waals surface area contributed by atoms with Gasteiger partial charge >= 0.3 is 0 Å². The second kappa shape index (κ2) is 9.75. The number of aromatic nitrogens is 4. The standard InChI is InChI=1S/C26H23N5OS/c32-25(20-12-10-18(11-13-20)16-33-26-29-17-30-31-26)28-14-22(19-6-2-1-3-7-19)23-15-27-24-9-5-4-8-21(23)24/h1-13,15,17,22,27H,14,16H2,(H,28,32)(H,29,30,31). The number of fused-ring (bicyclic) bond motifs is 1. The van der Waals surface area contributed by atoms with Crippen molar-refractivity contribution in [3.05, 3.63) is 114 Å². The summed E-state index contributed by atoms with van der Waals surface area (Å²) in [6.45, 7) is 0.508. The molecule has 0 spiro atoms. The Morgan fingerprint density at radius 1 is 0.970 bits per heavy atom. The van der Waals surface area contributed by atoms with Gasteiger partial charge in [0.05, 0.1) is 0 Å². The Labute approximate surface area is 195 Å². The molecule has 2 aromatic heterocycles. The second-order valence-corrected chi connectivity index (χ2v) is 8.70. The molecule has 0 saturated carbocycles. The molecule has 1 atom stereocenters. The molecular formula is C26H23N5OS. The van der Waals surface area contributed by atoms with Crippen molar-refractivity contribution in [2.45, 2.75) is 16.8 Å². The summed E-state index contributed by atoms with van der Waals surface area (Å²) < 4.78 is 0. The van der Waals surface area contributed by atoms with Crippen molar-refractivity contribution in [2.24, 2.45) is 0 Å². The van der Waals surface area contributed by atoms with E-state index in [4.69, 9.17) is 0 Å². The molecule has 0 aliphatic carbocycles. The smallest absolute Gasteiger partial charge is 0.251 e. The third-order valence-corrected chi connectivity index (χ3v) is 6.60. The Morgan fingerprint density at radius 3 is 2.55 bits per heavy atom. The summed E-state index contributed by atoms with van der Waals surface area (Å²) in [5.74, 6) is 0.724. The van der Waals surface area contributed by atoms with Crippen molar-refractivity contribution in [3.63, 3.8) is 0 Å². The van der Waals surface area contributed by atoms with Crippen LogP contribution >= 0.6 is 11.8 Å². The summed E-state index contributed by atoms with van der Waals surface area (Å²) in [5, 5.41) is 11.8. The zero-order chi connectivity index (χ0) is 22.5. The number of hydrogen-bond acceptors (Lipinski definition) is 4. The number of para-hydroxylation sites is 1. The number of nitrogens with one attached hydrogen (secondary N) is 3. The van der Waals surface area contributed by atoms with E-state index in [1.807, 2.05) is 54.6 Å². The Kier molecular flexibility index (Phi) is 6.21. The highest BCUT2D eigenvalue weighted by Crippen LogP contribution is 2.30. The van der Waals surface area contributed by atoms with Gasteiger partial charge in [-0.05, 0) is 34.9 Å². The third kappa shape index (κ3) is 4.83. The van der Waals surface area contributed by atoms with Crippen LogP contribution in [-0.4, -0.2) is 32.6 Å². The predicted octanol–water partition coefficient (Wildman–Crippen LogP) is 5.14. The highest BCUT2D eigenvalue weighted by molar-refractivity contribution is 7.98. The molecule has 1 amide bonds. The number of nitrogens with zero attached hydrogens (tertiary/aromatic N) is 2. The molecule has 0 bridgehead atoms. The minimum absolute atomic E-state index is 0.0453. The van der Waals surface area contributed by atoms with Crippen LogP contribution in [0.3, 0.4) is 0 Å². The van der Waals surface area contributed by atoms with Crippen molar-refractivity contribution in [3.8, 4) is 0 Å². The molecule has 6 nitrogen and oxygen atoms in total. The van der Waals surface area contributed by atoms with Gasteiger partial charge in [-0.2, -0.15) is 5.10 Å². The lowest BCUT2D eigenvalue weighted by atomic mass is 9.91. The van der Waals surface area contributed by atoms with E-state index in [0.29, 0.717) is 12.1 Å². The average molecular weight is 454 g/mol. The van der Waals surface area contributed by atoms with Crippen LogP contribution in [0.1, 0.15) is 33.0 Å². The molecule has 164 valence electrons. The largest absolute Gasteiger partial charge is 0.361 e. The molecule has 3 N–H and O–H groups in total. The number of H-pyrrole nitrogens is 2. The highest BCUT2D eigenvalue weighted by atomic mass is 32.2. The Balaban J connectivity index is 1.29. The number of hydrogen-bond donors (Lipinski definition) is 3. The van der Waals surface area contributed by atoms with Crippen molar-refractivity contribution < 1.29 is 4.79 Å². The Morgan fingerprint density at radius 2 is 1.76 bits per heavy atom. The SMILES string of the molecule is O=C(NCC(c1ccccc1)c1c[nH]c2ccccc12)c1ccc(CSc2ncn[nH]2)cc1. The number of thioether (sulfide) groups is 1. The Hall–Kier alpha value is -3.84. The van der Waals surface area contributed by atoms with Gasteiger partial charge in [0, 0.05) is 40.9 Å². The fourth-order valence-corrected chi connectivity index (χ4v) is 4.67. The van der Waals surface area contributed by atoms with Crippen LogP contribution in [0.5, 0.6) is 0 Å². The van der Waals surface area contributed by atoms with Gasteiger partial charge in [-0.25, -0.2) is 4.98 Å². The number of carbonyl (C=O) groups is 1. The molecular weight excluding hydrogens is 430 g/mol. The molecule has 0 fully saturated rings. The fraction of sp³-hybridized carbons (Fsp3) is 0.115. The number of amides is 1. The summed E-state index contributed by atoms with van der Waals surface area (Å²) in [6, 6.07) is 26.3. The minimum Gasteiger partial charge on any atom is -0.361 e. The van der Waals surface area contributed by atoms with Gasteiger partial charge in [0.15, 0.2) is 5.16 Å². The summed E-state index contributed by atoms with van der Waals surface area (Å²) in [6.07, 6.45) is 3.55. The molecule has 0 aliphatic heterocycles. The van der Waals surface area contributed by atoms with Crippen LogP contribution in [0.2, 0.25) is 0 Å². The lowest BCUT2D eigenvalue weighted by molar-refractivity contribution is 0.0952. The van der Waals surface area contributed by atoms with Gasteiger partial charge in [-0.1, -0.05) is 72.4 Å². The van der Waals surface area contributed by atoms with E-state index in [0.717, 1.165) is 22.0 Å². The molecule has 1 unspecified atom stereocenters. The van der Waals surface area contributed by atoms with Crippen LogP contribution in [0.15, 0.2) is 96.5 Å². The van der Waals surface area contributed by atoms with Gasteiger partial charge in [0.2, 0.25) is 0 Å². The topological polar surface area (TPSA) is 86.5 Å². The fourth-order valence-electron chi connectivity index (χ4n) is 3.94. The maximum absolute atomic E-state index is 12.9. The van der Waals surface area contributed by atoms with Crippen molar-refractivity contribution >= 4 is 28.6 Å². The van der Waals surface area contributed by atoms with E-state index in [-0.39, 0.29) is 11.8 Å². The highest BCUT2D eigenvalue weighted by Gasteiger charge is 2.19. The van der Waals surface area contributed by atoms with Crippen LogP contribution < -0.4 is 5.32 Å². The first-order valence-electron chi connectivity index (χ1n) is 10.7. The lowest BCUT2D eigenvalue weighted by Crippen LogP contribution is -2.28. The maximum atomic E-state index is 12.9. The summed E-state index contributed by atoms with van der Waals surface area (Å²) in [5.41, 5.74) is 5.21. The summed E-state index contributed by atoms with van der Waals surface area (Å²) >= 11 is 1.57. The summed E-state index contributed by atoms with van der Waals surface area (Å²) in [7, 11) is 0. The zero-order valence-electron chi connectivity index (χ0n) is 17.9. The van der Waals surface area contributed by atoms with E-state index in [2.05, 4.69) is 55.9 Å². The minimum atomic E-state index is -0.0785. The number of benzene rings is 3. The number of rotatable bonds is 8. The van der Waals surface area contributed by atoms with Crippen LogP contribution in [-0.2, 0) is 5.75 Å². The number of aromatic amines is 2. The summed E-state index contributed by atoms with van der Waals surface area (Å²) in [4.78, 5) is 20.4. The molecule has 5 rings (SSSR count). The Bertz CT molecular complexity index is 1330. The quantitative estimate of drug-likeness (QED) is 0.284. The predicted molar refractivity (Wildman–Crippen MR) is 131 cm³/mol. The van der Waals surface area contributed by atoms with Gasteiger partial charge in [-0.3, -0.25) is 9.89 Å². The molecule has 5 aromatic rings. The van der Waals surface area contributed by atoms with Gasteiger partial charge in [0.1, 0.15) is 6.33 Å². The first kappa shape index (κ1) is 21.0. The zero-order valence-corrected chi connectivity index (χ0v) is 18.7. The molecule has 3 aromatic carbocycles. The normalized spacial score (nSPS) is 12.0. The monoisotopic (exact) mass is 453 g/mol. The molecule has 33 heavy (non-hydrogen) atoms. The molecule has 0 radical (unpaired) electrons. The third-order valence-electron chi connectivity index (χ3n) is 5.65. The molecule has 7 heteroatoms. The van der Waals surface area contributed by atoms with E-state index >= 15 is 0 Å². The maximum Gasteiger partial charge on any atom is 0.251 e. The lowest BCUT2D eigenvalue weighted by Gasteiger charge is -2.18. The first-order chi connectivity index (χ1) is 16.3.